The Bertz CT molecular complexity index is 532. The van der Waals surface area contributed by atoms with E-state index in [0.717, 1.165) is 42.6 Å². The largest absolute Gasteiger partial charge is 0.354 e. The van der Waals surface area contributed by atoms with Crippen LogP contribution in [0.4, 0.5) is 0 Å². The van der Waals surface area contributed by atoms with Gasteiger partial charge in [0.2, 0.25) is 5.91 Å². The maximum atomic E-state index is 12.4. The Morgan fingerprint density at radius 1 is 1.24 bits per heavy atom. The van der Waals surface area contributed by atoms with Crippen molar-refractivity contribution in [3.05, 3.63) is 34.9 Å². The lowest BCUT2D eigenvalue weighted by atomic mass is 10.00. The number of amides is 1. The molecule has 114 valence electrons. The predicted molar refractivity (Wildman–Crippen MR) is 83.5 cm³/mol. The van der Waals surface area contributed by atoms with E-state index < -0.39 is 0 Å². The summed E-state index contributed by atoms with van der Waals surface area (Å²) >= 11 is 0. The highest BCUT2D eigenvalue weighted by Gasteiger charge is 2.22. The minimum Gasteiger partial charge on any atom is -0.354 e. The number of benzene rings is 1. The second-order valence-electron chi connectivity index (χ2n) is 5.99. The average molecular weight is 288 g/mol. The molecule has 1 saturated heterocycles. The Hall–Kier alpha value is -1.68. The first-order valence-corrected chi connectivity index (χ1v) is 7.55. The van der Waals surface area contributed by atoms with E-state index in [1.807, 2.05) is 32.0 Å². The fourth-order valence-corrected chi connectivity index (χ4v) is 2.85. The summed E-state index contributed by atoms with van der Waals surface area (Å²) in [5, 5.41) is 2.95. The molecular weight excluding hydrogens is 264 g/mol. The Kier molecular flexibility index (Phi) is 5.12. The van der Waals surface area contributed by atoms with E-state index in [2.05, 4.69) is 10.2 Å². The average Bonchev–Trinajstić information content (AvgIpc) is 2.43. The third kappa shape index (κ3) is 4.39. The zero-order chi connectivity index (χ0) is 15.4. The van der Waals surface area contributed by atoms with Crippen LogP contribution in [0.5, 0.6) is 0 Å². The summed E-state index contributed by atoms with van der Waals surface area (Å²) in [6.45, 7) is 7.74. The standard InChI is InChI=1S/C17H24N2O2/c1-12-4-5-13(2)16(10-12)17(21)11-19-8-6-15(7-9-19)18-14(3)20/h4-5,10,15H,6-9,11H2,1-3H3,(H,18,20). The molecule has 1 heterocycles. The van der Waals surface area contributed by atoms with E-state index in [0.29, 0.717) is 6.54 Å². The third-order valence-corrected chi connectivity index (χ3v) is 4.06. The van der Waals surface area contributed by atoms with Crippen molar-refractivity contribution >= 4 is 11.7 Å². The van der Waals surface area contributed by atoms with E-state index in [-0.39, 0.29) is 17.7 Å². The maximum absolute atomic E-state index is 12.4. The van der Waals surface area contributed by atoms with Crippen LogP contribution in [-0.4, -0.2) is 42.3 Å². The van der Waals surface area contributed by atoms with Crippen LogP contribution < -0.4 is 5.32 Å². The number of carbonyl (C=O) groups excluding carboxylic acids is 2. The molecule has 1 aromatic carbocycles. The summed E-state index contributed by atoms with van der Waals surface area (Å²) in [6.07, 6.45) is 1.83. The van der Waals surface area contributed by atoms with Gasteiger partial charge < -0.3 is 5.32 Å². The number of Topliss-reactive ketones (excluding diaryl/α,β-unsaturated/α-hetero) is 1. The zero-order valence-corrected chi connectivity index (χ0v) is 13.1. The van der Waals surface area contributed by atoms with Crippen molar-refractivity contribution in [3.8, 4) is 0 Å². The quantitative estimate of drug-likeness (QED) is 0.863. The molecule has 4 nitrogen and oxygen atoms in total. The van der Waals surface area contributed by atoms with Gasteiger partial charge in [-0.25, -0.2) is 0 Å². The fourth-order valence-electron chi connectivity index (χ4n) is 2.85. The fraction of sp³-hybridized carbons (Fsp3) is 0.529. The van der Waals surface area contributed by atoms with Crippen molar-refractivity contribution in [1.82, 2.24) is 10.2 Å². The smallest absolute Gasteiger partial charge is 0.217 e. The van der Waals surface area contributed by atoms with Gasteiger partial charge in [0.15, 0.2) is 5.78 Å². The van der Waals surface area contributed by atoms with E-state index in [1.165, 1.54) is 0 Å². The predicted octanol–water partition coefficient (Wildman–Crippen LogP) is 2.09. The molecule has 1 aromatic rings. The van der Waals surface area contributed by atoms with Crippen molar-refractivity contribution in [1.29, 1.82) is 0 Å². The number of nitrogens with one attached hydrogen (secondary N) is 1. The molecule has 1 amide bonds. The first-order valence-electron chi connectivity index (χ1n) is 7.55. The van der Waals surface area contributed by atoms with Gasteiger partial charge in [-0.3, -0.25) is 14.5 Å². The number of nitrogens with zero attached hydrogens (tertiary/aromatic N) is 1. The van der Waals surface area contributed by atoms with Gasteiger partial charge in [0.05, 0.1) is 6.54 Å². The molecule has 0 aliphatic carbocycles. The second-order valence-corrected chi connectivity index (χ2v) is 5.99. The molecule has 4 heteroatoms. The lowest BCUT2D eigenvalue weighted by Crippen LogP contribution is -2.45. The highest BCUT2D eigenvalue weighted by atomic mass is 16.1. The molecule has 0 unspecified atom stereocenters. The molecule has 0 atom stereocenters. The maximum Gasteiger partial charge on any atom is 0.217 e. The Morgan fingerprint density at radius 2 is 1.90 bits per heavy atom. The van der Waals surface area contributed by atoms with Crippen LogP contribution in [0.3, 0.4) is 0 Å². The van der Waals surface area contributed by atoms with Crippen LogP contribution >= 0.6 is 0 Å². The number of carbonyl (C=O) groups is 2. The SMILES string of the molecule is CC(=O)NC1CCN(CC(=O)c2cc(C)ccc2C)CC1. The van der Waals surface area contributed by atoms with Gasteiger partial charge in [-0.2, -0.15) is 0 Å². The molecule has 1 N–H and O–H groups in total. The van der Waals surface area contributed by atoms with Crippen LogP contribution in [0, 0.1) is 13.8 Å². The topological polar surface area (TPSA) is 49.4 Å². The lowest BCUT2D eigenvalue weighted by Gasteiger charge is -2.31. The number of rotatable bonds is 4. The molecule has 0 aromatic heterocycles. The van der Waals surface area contributed by atoms with Gasteiger partial charge in [0.1, 0.15) is 0 Å². The minimum atomic E-state index is 0.0277. The summed E-state index contributed by atoms with van der Waals surface area (Å²) in [5.41, 5.74) is 2.99. The Morgan fingerprint density at radius 3 is 2.52 bits per heavy atom. The van der Waals surface area contributed by atoms with Crippen LogP contribution in [-0.2, 0) is 4.79 Å². The molecule has 1 aliphatic rings. The number of hydrogen-bond acceptors (Lipinski definition) is 3. The summed E-state index contributed by atoms with van der Waals surface area (Å²) in [4.78, 5) is 25.7. The molecule has 0 radical (unpaired) electrons. The zero-order valence-electron chi connectivity index (χ0n) is 13.1. The summed E-state index contributed by atoms with van der Waals surface area (Å²) in [5.74, 6) is 0.217. The summed E-state index contributed by atoms with van der Waals surface area (Å²) in [7, 11) is 0. The van der Waals surface area contributed by atoms with Crippen LogP contribution in [0.15, 0.2) is 18.2 Å². The van der Waals surface area contributed by atoms with Crippen LogP contribution in [0.1, 0.15) is 41.3 Å². The minimum absolute atomic E-state index is 0.0277. The van der Waals surface area contributed by atoms with Crippen LogP contribution in [0.2, 0.25) is 0 Å². The first-order chi connectivity index (χ1) is 9.95. The Balaban J connectivity index is 1.90. The molecular formula is C17H24N2O2. The monoisotopic (exact) mass is 288 g/mol. The summed E-state index contributed by atoms with van der Waals surface area (Å²) < 4.78 is 0. The molecule has 21 heavy (non-hydrogen) atoms. The number of ketones is 1. The first kappa shape index (κ1) is 15.7. The van der Waals surface area contributed by atoms with Gasteiger partial charge in [-0.15, -0.1) is 0 Å². The third-order valence-electron chi connectivity index (χ3n) is 4.06. The molecule has 1 aliphatic heterocycles. The van der Waals surface area contributed by atoms with Crippen molar-refractivity contribution in [3.63, 3.8) is 0 Å². The van der Waals surface area contributed by atoms with E-state index in [9.17, 15) is 9.59 Å². The lowest BCUT2D eigenvalue weighted by molar-refractivity contribution is -0.119. The molecule has 1 fully saturated rings. The number of piperidine rings is 1. The molecule has 0 saturated carbocycles. The number of likely N-dealkylation sites (tertiary alicyclic amines) is 1. The van der Waals surface area contributed by atoms with Crippen LogP contribution in [0.25, 0.3) is 0 Å². The number of aryl methyl sites for hydroxylation is 2. The van der Waals surface area contributed by atoms with Gasteiger partial charge in [-0.1, -0.05) is 17.7 Å². The van der Waals surface area contributed by atoms with E-state index >= 15 is 0 Å². The van der Waals surface area contributed by atoms with Gasteiger partial charge in [0.25, 0.3) is 0 Å². The van der Waals surface area contributed by atoms with Crippen molar-refractivity contribution in [2.75, 3.05) is 19.6 Å². The van der Waals surface area contributed by atoms with Crippen molar-refractivity contribution in [2.45, 2.75) is 39.7 Å². The Labute approximate surface area is 126 Å². The number of hydrogen-bond donors (Lipinski definition) is 1. The highest BCUT2D eigenvalue weighted by Crippen LogP contribution is 2.15. The van der Waals surface area contributed by atoms with E-state index in [1.54, 1.807) is 6.92 Å². The highest BCUT2D eigenvalue weighted by molar-refractivity contribution is 5.99. The van der Waals surface area contributed by atoms with Crippen molar-refractivity contribution < 1.29 is 9.59 Å². The normalized spacial score (nSPS) is 16.7. The molecule has 0 bridgehead atoms. The van der Waals surface area contributed by atoms with Gasteiger partial charge in [-0.05, 0) is 38.3 Å². The van der Waals surface area contributed by atoms with E-state index in [4.69, 9.17) is 0 Å². The second kappa shape index (κ2) is 6.85. The van der Waals surface area contributed by atoms with Gasteiger partial charge >= 0.3 is 0 Å². The molecule has 2 rings (SSSR count). The molecule has 0 spiro atoms. The van der Waals surface area contributed by atoms with Crippen molar-refractivity contribution in [2.24, 2.45) is 0 Å². The van der Waals surface area contributed by atoms with Gasteiger partial charge in [0, 0.05) is 31.6 Å². The summed E-state index contributed by atoms with van der Waals surface area (Å²) in [6, 6.07) is 6.27.